The number of ether oxygens (including phenoxy) is 2. The molecule has 120 valence electrons. The Labute approximate surface area is 126 Å². The van der Waals surface area contributed by atoms with E-state index in [1.54, 1.807) is 9.80 Å². The number of nitrogens with zero attached hydrogens (tertiary/aromatic N) is 2. The molecular weight excluding hydrogens is 272 g/mol. The molecule has 2 amide bonds. The lowest BCUT2D eigenvalue weighted by Crippen LogP contribution is -2.42. The Morgan fingerprint density at radius 3 is 2.48 bits per heavy atom. The largest absolute Gasteiger partial charge is 0.448 e. The molecule has 2 aliphatic heterocycles. The van der Waals surface area contributed by atoms with Crippen molar-refractivity contribution in [3.05, 3.63) is 0 Å². The van der Waals surface area contributed by atoms with Crippen LogP contribution in [0.4, 0.5) is 9.59 Å². The number of hydrogen-bond donors (Lipinski definition) is 0. The maximum Gasteiger partial charge on any atom is 0.410 e. The van der Waals surface area contributed by atoms with Crippen LogP contribution in [0.15, 0.2) is 0 Å². The van der Waals surface area contributed by atoms with Crippen LogP contribution >= 0.6 is 0 Å². The number of carbonyl (C=O) groups excluding carboxylic acids is 2. The smallest absolute Gasteiger partial charge is 0.410 e. The van der Waals surface area contributed by atoms with Gasteiger partial charge in [0.1, 0.15) is 12.2 Å². The van der Waals surface area contributed by atoms with Crippen molar-refractivity contribution < 1.29 is 19.1 Å². The Kier molecular flexibility index (Phi) is 4.96. The second-order valence-corrected chi connectivity index (χ2v) is 6.80. The highest BCUT2D eigenvalue weighted by molar-refractivity contribution is 5.69. The molecule has 0 bridgehead atoms. The molecule has 6 nitrogen and oxygen atoms in total. The van der Waals surface area contributed by atoms with Crippen LogP contribution in [0.5, 0.6) is 0 Å². The van der Waals surface area contributed by atoms with E-state index in [9.17, 15) is 9.59 Å². The summed E-state index contributed by atoms with van der Waals surface area (Å²) in [6, 6.07) is 0. The molecule has 2 saturated heterocycles. The first kappa shape index (κ1) is 15.9. The molecule has 21 heavy (non-hydrogen) atoms. The van der Waals surface area contributed by atoms with Crippen LogP contribution in [0.1, 0.15) is 40.0 Å². The number of carbonyl (C=O) groups is 2. The minimum atomic E-state index is -0.440. The summed E-state index contributed by atoms with van der Waals surface area (Å²) in [5, 5.41) is 0. The van der Waals surface area contributed by atoms with Gasteiger partial charge in [-0.2, -0.15) is 0 Å². The van der Waals surface area contributed by atoms with E-state index in [0.717, 1.165) is 38.9 Å². The molecule has 0 aromatic carbocycles. The van der Waals surface area contributed by atoms with Crippen molar-refractivity contribution in [1.82, 2.24) is 9.80 Å². The van der Waals surface area contributed by atoms with Crippen molar-refractivity contribution in [2.75, 3.05) is 32.8 Å². The summed E-state index contributed by atoms with van der Waals surface area (Å²) in [5.41, 5.74) is -0.440. The molecule has 2 rings (SSSR count). The molecule has 0 unspecified atom stereocenters. The first-order valence-corrected chi connectivity index (χ1v) is 7.75. The average Bonchev–Trinajstić information content (AvgIpc) is 2.80. The zero-order valence-electron chi connectivity index (χ0n) is 13.3. The van der Waals surface area contributed by atoms with E-state index in [2.05, 4.69) is 0 Å². The summed E-state index contributed by atoms with van der Waals surface area (Å²) < 4.78 is 10.3. The minimum Gasteiger partial charge on any atom is -0.448 e. The Morgan fingerprint density at radius 2 is 1.95 bits per heavy atom. The fourth-order valence-corrected chi connectivity index (χ4v) is 2.70. The molecule has 0 radical (unpaired) electrons. The van der Waals surface area contributed by atoms with Crippen LogP contribution in [-0.4, -0.2) is 60.4 Å². The molecule has 2 aliphatic rings. The van der Waals surface area contributed by atoms with Gasteiger partial charge >= 0.3 is 12.2 Å². The maximum absolute atomic E-state index is 12.0. The molecule has 2 heterocycles. The molecule has 2 fully saturated rings. The topological polar surface area (TPSA) is 59.1 Å². The predicted octanol–water partition coefficient (Wildman–Crippen LogP) is 2.48. The predicted molar refractivity (Wildman–Crippen MR) is 78.1 cm³/mol. The second-order valence-electron chi connectivity index (χ2n) is 6.80. The zero-order chi connectivity index (χ0) is 15.5. The molecule has 0 spiro atoms. The average molecular weight is 298 g/mol. The van der Waals surface area contributed by atoms with Gasteiger partial charge in [-0.3, -0.25) is 0 Å². The van der Waals surface area contributed by atoms with Crippen molar-refractivity contribution in [1.29, 1.82) is 0 Å². The number of hydrogen-bond acceptors (Lipinski definition) is 4. The van der Waals surface area contributed by atoms with Gasteiger partial charge in [0, 0.05) is 19.6 Å². The van der Waals surface area contributed by atoms with Crippen LogP contribution in [0.25, 0.3) is 0 Å². The summed E-state index contributed by atoms with van der Waals surface area (Å²) in [6.07, 6.45) is 2.52. The van der Waals surface area contributed by atoms with Gasteiger partial charge in [0.15, 0.2) is 0 Å². The van der Waals surface area contributed by atoms with E-state index >= 15 is 0 Å². The molecule has 0 aliphatic carbocycles. The highest BCUT2D eigenvalue weighted by atomic mass is 16.6. The van der Waals surface area contributed by atoms with Gasteiger partial charge in [-0.05, 0) is 46.0 Å². The first-order valence-electron chi connectivity index (χ1n) is 7.75. The highest BCUT2D eigenvalue weighted by Crippen LogP contribution is 2.23. The molecule has 0 aromatic rings. The Balaban J connectivity index is 1.68. The third-order valence-corrected chi connectivity index (χ3v) is 3.92. The van der Waals surface area contributed by atoms with Gasteiger partial charge in [-0.15, -0.1) is 0 Å². The third-order valence-electron chi connectivity index (χ3n) is 3.92. The summed E-state index contributed by atoms with van der Waals surface area (Å²) in [7, 11) is 0. The summed E-state index contributed by atoms with van der Waals surface area (Å²) in [4.78, 5) is 26.9. The van der Waals surface area contributed by atoms with E-state index in [1.807, 2.05) is 20.8 Å². The minimum absolute atomic E-state index is 0.193. The van der Waals surface area contributed by atoms with Crippen molar-refractivity contribution >= 4 is 12.2 Å². The molecule has 0 N–H and O–H groups in total. The van der Waals surface area contributed by atoms with E-state index in [1.165, 1.54) is 0 Å². The SMILES string of the molecule is CC(C)(C)OC(=O)N1CCC(CCN2CCOC2=O)CC1. The fourth-order valence-electron chi connectivity index (χ4n) is 2.70. The van der Waals surface area contributed by atoms with Crippen LogP contribution in [-0.2, 0) is 9.47 Å². The number of likely N-dealkylation sites (tertiary alicyclic amines) is 1. The van der Waals surface area contributed by atoms with Gasteiger partial charge in [-0.25, -0.2) is 9.59 Å². The van der Waals surface area contributed by atoms with Crippen molar-refractivity contribution in [3.63, 3.8) is 0 Å². The van der Waals surface area contributed by atoms with E-state index in [0.29, 0.717) is 19.1 Å². The summed E-state index contributed by atoms with van der Waals surface area (Å²) >= 11 is 0. The standard InChI is InChI=1S/C15H26N2O4/c1-15(2,3)21-14(19)16-7-4-12(5-8-16)6-9-17-10-11-20-13(17)18/h12H,4-11H2,1-3H3. The number of amides is 2. The van der Waals surface area contributed by atoms with Crippen LogP contribution in [0, 0.1) is 5.92 Å². The summed E-state index contributed by atoms with van der Waals surface area (Å²) in [5.74, 6) is 0.567. The van der Waals surface area contributed by atoms with E-state index in [4.69, 9.17) is 9.47 Å². The molecular formula is C15H26N2O4. The lowest BCUT2D eigenvalue weighted by atomic mass is 9.93. The fraction of sp³-hybridized carbons (Fsp3) is 0.867. The maximum atomic E-state index is 12.0. The van der Waals surface area contributed by atoms with Gasteiger partial charge in [0.05, 0.1) is 6.54 Å². The Bertz CT molecular complexity index is 384. The zero-order valence-corrected chi connectivity index (χ0v) is 13.3. The Morgan fingerprint density at radius 1 is 1.29 bits per heavy atom. The van der Waals surface area contributed by atoms with Crippen molar-refractivity contribution in [2.24, 2.45) is 5.92 Å². The van der Waals surface area contributed by atoms with Gasteiger partial charge in [0.25, 0.3) is 0 Å². The van der Waals surface area contributed by atoms with Crippen LogP contribution in [0.3, 0.4) is 0 Å². The van der Waals surface area contributed by atoms with Crippen molar-refractivity contribution in [3.8, 4) is 0 Å². The van der Waals surface area contributed by atoms with Gasteiger partial charge in [-0.1, -0.05) is 0 Å². The van der Waals surface area contributed by atoms with Crippen molar-refractivity contribution in [2.45, 2.75) is 45.6 Å². The van der Waals surface area contributed by atoms with E-state index < -0.39 is 5.60 Å². The van der Waals surface area contributed by atoms with Gasteiger partial charge in [0.2, 0.25) is 0 Å². The number of rotatable bonds is 3. The number of piperidine rings is 1. The highest BCUT2D eigenvalue weighted by Gasteiger charge is 2.28. The Hall–Kier alpha value is -1.46. The van der Waals surface area contributed by atoms with Gasteiger partial charge < -0.3 is 19.3 Å². The molecule has 6 heteroatoms. The first-order chi connectivity index (χ1) is 9.85. The molecule has 0 atom stereocenters. The molecule has 0 aromatic heterocycles. The summed E-state index contributed by atoms with van der Waals surface area (Å²) in [6.45, 7) is 9.10. The van der Waals surface area contributed by atoms with Crippen LogP contribution < -0.4 is 0 Å². The molecule has 0 saturated carbocycles. The van der Waals surface area contributed by atoms with Crippen LogP contribution in [0.2, 0.25) is 0 Å². The third kappa shape index (κ3) is 4.79. The second kappa shape index (κ2) is 6.54. The van der Waals surface area contributed by atoms with E-state index in [-0.39, 0.29) is 12.2 Å². The lowest BCUT2D eigenvalue weighted by Gasteiger charge is -2.33. The lowest BCUT2D eigenvalue weighted by molar-refractivity contribution is 0.0179. The monoisotopic (exact) mass is 298 g/mol. The normalized spacial score (nSPS) is 20.6. The quantitative estimate of drug-likeness (QED) is 0.803. The number of cyclic esters (lactones) is 1.